The molecule has 0 amide bonds. The molecule has 1 aromatic carbocycles. The van der Waals surface area contributed by atoms with Crippen LogP contribution in [0.15, 0.2) is 54.4 Å². The third-order valence-corrected chi connectivity index (χ3v) is 4.55. The lowest BCUT2D eigenvalue weighted by atomic mass is 9.85. The third kappa shape index (κ3) is 1.94. The van der Waals surface area contributed by atoms with Crippen LogP contribution in [-0.4, -0.2) is 11.2 Å². The molecule has 0 bridgehead atoms. The molecule has 1 fully saturated rings. The van der Waals surface area contributed by atoms with Gasteiger partial charge in [0, 0.05) is 5.56 Å². The lowest BCUT2D eigenvalue weighted by molar-refractivity contribution is 0.126. The second-order valence-electron chi connectivity index (χ2n) is 4.47. The van der Waals surface area contributed by atoms with Gasteiger partial charge in [0.2, 0.25) is 0 Å². The predicted molar refractivity (Wildman–Crippen MR) is 82.3 cm³/mol. The summed E-state index contributed by atoms with van der Waals surface area (Å²) in [7, 11) is 0. The average Bonchev–Trinajstić information content (AvgIpc) is 3.07. The van der Waals surface area contributed by atoms with Gasteiger partial charge in [-0.1, -0.05) is 24.3 Å². The fourth-order valence-corrected chi connectivity index (χ4v) is 3.65. The van der Waals surface area contributed by atoms with Crippen LogP contribution in [0.3, 0.4) is 0 Å². The Balaban J connectivity index is 2.20. The van der Waals surface area contributed by atoms with Crippen LogP contribution in [0, 0.1) is 5.82 Å². The van der Waals surface area contributed by atoms with Crippen molar-refractivity contribution < 1.29 is 9.13 Å². The monoisotopic (exact) mass is 305 g/mol. The van der Waals surface area contributed by atoms with Crippen molar-refractivity contribution in [1.29, 1.82) is 0 Å². The molecule has 0 spiro atoms. The first-order valence-electron chi connectivity index (χ1n) is 6.09. The Morgan fingerprint density at radius 3 is 2.70 bits per heavy atom. The van der Waals surface area contributed by atoms with Crippen LogP contribution in [-0.2, 0) is 10.3 Å². The van der Waals surface area contributed by atoms with E-state index in [4.69, 9.17) is 17.0 Å². The summed E-state index contributed by atoms with van der Waals surface area (Å²) in [5.41, 5.74) is 0.0688. The number of hydrogen-bond donors (Lipinski definition) is 1. The van der Waals surface area contributed by atoms with Gasteiger partial charge < -0.3 is 10.1 Å². The highest BCUT2D eigenvalue weighted by Gasteiger charge is 2.50. The summed E-state index contributed by atoms with van der Waals surface area (Å²) in [4.78, 5) is 1.00. The zero-order valence-electron chi connectivity index (χ0n) is 10.5. The molecule has 0 saturated carbocycles. The summed E-state index contributed by atoms with van der Waals surface area (Å²) in [5, 5.41) is 5.40. The molecule has 1 aromatic heterocycles. The second kappa shape index (κ2) is 5.00. The lowest BCUT2D eigenvalue weighted by Gasteiger charge is -2.31. The van der Waals surface area contributed by atoms with Gasteiger partial charge in [-0.15, -0.1) is 17.9 Å². The molecule has 102 valence electrons. The number of hydrogen-bond acceptors (Lipinski definition) is 3. The molecule has 5 heteroatoms. The molecule has 0 radical (unpaired) electrons. The molecule has 2 heterocycles. The molecule has 0 unspecified atom stereocenters. The summed E-state index contributed by atoms with van der Waals surface area (Å²) in [5.74, 6) is -0.279. The summed E-state index contributed by atoms with van der Waals surface area (Å²) in [6.45, 7) is 3.85. The van der Waals surface area contributed by atoms with Gasteiger partial charge in [0.15, 0.2) is 5.60 Å². The largest absolute Gasteiger partial charge is 0.451 e. The average molecular weight is 305 g/mol. The maximum absolute atomic E-state index is 13.2. The highest BCUT2D eigenvalue weighted by Crippen LogP contribution is 2.43. The molecule has 1 saturated heterocycles. The van der Waals surface area contributed by atoms with E-state index >= 15 is 0 Å². The van der Waals surface area contributed by atoms with Gasteiger partial charge in [-0.05, 0) is 35.8 Å². The first-order chi connectivity index (χ1) is 9.66. The standard InChI is InChI=1S/C15H12FNOS2/c1-2-12-15(18-14(19)17-12,13-4-3-9-20-13)10-5-7-11(16)8-6-10/h2-9,12H,1H2,(H,17,19)/t12-,15+/m1/s1. The van der Waals surface area contributed by atoms with Crippen LogP contribution < -0.4 is 5.32 Å². The Morgan fingerprint density at radius 2 is 2.10 bits per heavy atom. The fraction of sp³-hybridized carbons (Fsp3) is 0.133. The highest BCUT2D eigenvalue weighted by molar-refractivity contribution is 7.80. The Labute approximate surface area is 125 Å². The third-order valence-electron chi connectivity index (χ3n) is 3.36. The molecule has 0 aliphatic carbocycles. The van der Waals surface area contributed by atoms with Crippen molar-refractivity contribution in [2.75, 3.05) is 0 Å². The molecule has 2 aromatic rings. The SMILES string of the molecule is C=C[C@H]1NC(=S)O[C@]1(c1ccc(F)cc1)c1cccs1. The van der Waals surface area contributed by atoms with E-state index in [1.165, 1.54) is 12.1 Å². The van der Waals surface area contributed by atoms with Crippen molar-refractivity contribution in [3.05, 3.63) is 70.7 Å². The van der Waals surface area contributed by atoms with E-state index < -0.39 is 5.60 Å². The van der Waals surface area contributed by atoms with E-state index in [-0.39, 0.29) is 11.9 Å². The summed E-state index contributed by atoms with van der Waals surface area (Å²) in [6.07, 6.45) is 1.77. The van der Waals surface area contributed by atoms with Crippen molar-refractivity contribution in [3.63, 3.8) is 0 Å². The van der Waals surface area contributed by atoms with Crippen LogP contribution in [0.25, 0.3) is 0 Å². The maximum Gasteiger partial charge on any atom is 0.258 e. The van der Waals surface area contributed by atoms with Gasteiger partial charge in [-0.2, -0.15) is 0 Å². The summed E-state index contributed by atoms with van der Waals surface area (Å²) >= 11 is 6.73. The smallest absolute Gasteiger partial charge is 0.258 e. The van der Waals surface area contributed by atoms with Crippen molar-refractivity contribution in [3.8, 4) is 0 Å². The number of rotatable bonds is 3. The van der Waals surface area contributed by atoms with Crippen LogP contribution in [0.5, 0.6) is 0 Å². The quantitative estimate of drug-likeness (QED) is 0.692. The number of benzene rings is 1. The summed E-state index contributed by atoms with van der Waals surface area (Å²) < 4.78 is 19.2. The van der Waals surface area contributed by atoms with Crippen LogP contribution in [0.1, 0.15) is 10.4 Å². The van der Waals surface area contributed by atoms with E-state index in [1.807, 2.05) is 17.5 Å². The Bertz CT molecular complexity index is 638. The molecule has 3 rings (SSSR count). The minimum Gasteiger partial charge on any atom is -0.451 e. The van der Waals surface area contributed by atoms with Gasteiger partial charge >= 0.3 is 0 Å². The van der Waals surface area contributed by atoms with Gasteiger partial charge in [-0.25, -0.2) is 4.39 Å². The first-order valence-corrected chi connectivity index (χ1v) is 7.37. The van der Waals surface area contributed by atoms with Gasteiger partial charge in [-0.3, -0.25) is 0 Å². The minimum absolute atomic E-state index is 0.195. The molecule has 2 atom stereocenters. The van der Waals surface area contributed by atoms with Crippen molar-refractivity contribution in [2.24, 2.45) is 0 Å². The van der Waals surface area contributed by atoms with E-state index in [9.17, 15) is 4.39 Å². The molecule has 2 nitrogen and oxygen atoms in total. The number of halogens is 1. The molecular formula is C15H12FNOS2. The van der Waals surface area contributed by atoms with Gasteiger partial charge in [0.05, 0.1) is 10.9 Å². The van der Waals surface area contributed by atoms with Crippen LogP contribution >= 0.6 is 23.6 Å². The van der Waals surface area contributed by atoms with Crippen molar-refractivity contribution in [2.45, 2.75) is 11.6 Å². The zero-order chi connectivity index (χ0) is 14.2. The molecular weight excluding hydrogens is 293 g/mol. The second-order valence-corrected chi connectivity index (χ2v) is 5.79. The minimum atomic E-state index is -0.777. The molecule has 1 N–H and O–H groups in total. The fourth-order valence-electron chi connectivity index (χ4n) is 2.46. The summed E-state index contributed by atoms with van der Waals surface area (Å²) in [6, 6.07) is 10.0. The van der Waals surface area contributed by atoms with E-state index in [1.54, 1.807) is 29.5 Å². The van der Waals surface area contributed by atoms with Crippen LogP contribution in [0.2, 0.25) is 0 Å². The predicted octanol–water partition coefficient (Wildman–Crippen LogP) is 3.59. The van der Waals surface area contributed by atoms with E-state index in [2.05, 4.69) is 11.9 Å². The van der Waals surface area contributed by atoms with E-state index in [0.717, 1.165) is 10.4 Å². The number of thiophene rings is 1. The lowest BCUT2D eigenvalue weighted by Crippen LogP contribution is -2.40. The topological polar surface area (TPSA) is 21.3 Å². The Morgan fingerprint density at radius 1 is 1.35 bits per heavy atom. The van der Waals surface area contributed by atoms with E-state index in [0.29, 0.717) is 5.17 Å². The van der Waals surface area contributed by atoms with Crippen LogP contribution in [0.4, 0.5) is 4.39 Å². The number of nitrogens with one attached hydrogen (secondary N) is 1. The zero-order valence-corrected chi connectivity index (χ0v) is 12.1. The molecule has 20 heavy (non-hydrogen) atoms. The Kier molecular flexibility index (Phi) is 3.31. The van der Waals surface area contributed by atoms with Crippen molar-refractivity contribution >= 4 is 28.7 Å². The van der Waals surface area contributed by atoms with Gasteiger partial charge in [0.1, 0.15) is 5.82 Å². The molecule has 1 aliphatic heterocycles. The van der Waals surface area contributed by atoms with Crippen molar-refractivity contribution in [1.82, 2.24) is 5.32 Å². The first kappa shape index (κ1) is 13.3. The normalized spacial score (nSPS) is 25.1. The number of ether oxygens (including phenoxy) is 1. The van der Waals surface area contributed by atoms with Gasteiger partial charge in [0.25, 0.3) is 5.17 Å². The maximum atomic E-state index is 13.2. The Hall–Kier alpha value is -1.72. The highest BCUT2D eigenvalue weighted by atomic mass is 32.1. The molecule has 1 aliphatic rings. The number of thiocarbonyl (C=S) groups is 1.